The average Bonchev–Trinajstić information content (AvgIpc) is 3.37. The van der Waals surface area contributed by atoms with Gasteiger partial charge in [0.2, 0.25) is 5.91 Å². The molecule has 2 N–H and O–H groups in total. The number of nitrogens with zero attached hydrogens (tertiary/aromatic N) is 4. The van der Waals surface area contributed by atoms with Crippen molar-refractivity contribution in [2.45, 2.75) is 46.2 Å². The monoisotopic (exact) mass is 405 g/mol. The number of unbranched alkanes of at least 4 members (excludes halogenated alkanes) is 1. The van der Waals surface area contributed by atoms with Crippen molar-refractivity contribution >= 4 is 33.7 Å². The molecular formula is C23H27N5O2. The average molecular weight is 406 g/mol. The number of pyridine rings is 1. The molecule has 0 aliphatic heterocycles. The zero-order valence-electron chi connectivity index (χ0n) is 17.5. The van der Waals surface area contributed by atoms with Gasteiger partial charge in [-0.1, -0.05) is 25.1 Å². The number of furan rings is 1. The summed E-state index contributed by atoms with van der Waals surface area (Å²) in [7, 11) is 0. The van der Waals surface area contributed by atoms with Crippen molar-refractivity contribution in [1.29, 1.82) is 0 Å². The minimum absolute atomic E-state index is 0.0578. The molecule has 0 radical (unpaired) electrons. The maximum Gasteiger partial charge on any atom is 0.219 e. The Labute approximate surface area is 175 Å². The fourth-order valence-corrected chi connectivity index (χ4v) is 3.79. The third-order valence-electron chi connectivity index (χ3n) is 5.42. The molecule has 0 unspecified atom stereocenters. The maximum atomic E-state index is 12.1. The fraction of sp³-hybridized carbons (Fsp3) is 0.348. The zero-order valence-corrected chi connectivity index (χ0v) is 17.5. The predicted octanol–water partition coefficient (Wildman–Crippen LogP) is 4.15. The Kier molecular flexibility index (Phi) is 5.70. The maximum absolute atomic E-state index is 12.1. The zero-order chi connectivity index (χ0) is 21.1. The molecule has 1 amide bonds. The predicted molar refractivity (Wildman–Crippen MR) is 118 cm³/mol. The van der Waals surface area contributed by atoms with E-state index in [1.807, 2.05) is 47.6 Å². The lowest BCUT2D eigenvalue weighted by Crippen LogP contribution is -2.29. The van der Waals surface area contributed by atoms with E-state index in [9.17, 15) is 4.79 Å². The largest absolute Gasteiger partial charge is 0.464 e. The van der Waals surface area contributed by atoms with Gasteiger partial charge in [-0.2, -0.15) is 0 Å². The van der Waals surface area contributed by atoms with Crippen LogP contribution in [0.4, 0.5) is 5.82 Å². The van der Waals surface area contributed by atoms with E-state index in [0.29, 0.717) is 18.9 Å². The number of nitrogen functional groups attached to an aromatic ring is 1. The standard InChI is InChI=1S/C23H27N5O2/c1-3-17-10-11-18(30-17)14-27(16(2)29)12-6-7-13-28-15-25-21-22(28)19-8-4-5-9-20(19)26-23(21)24/h4-5,8-11,15H,3,6-7,12-14H2,1-2H3,(H2,24,26). The van der Waals surface area contributed by atoms with E-state index in [1.165, 1.54) is 0 Å². The second kappa shape index (κ2) is 8.57. The molecule has 3 heterocycles. The minimum Gasteiger partial charge on any atom is -0.464 e. The van der Waals surface area contributed by atoms with Crippen molar-refractivity contribution in [2.75, 3.05) is 12.3 Å². The number of nitrogens with two attached hydrogens (primary N) is 1. The summed E-state index contributed by atoms with van der Waals surface area (Å²) in [6, 6.07) is 11.9. The normalized spacial score (nSPS) is 11.4. The van der Waals surface area contributed by atoms with E-state index >= 15 is 0 Å². The van der Waals surface area contributed by atoms with Gasteiger partial charge in [0.1, 0.15) is 17.0 Å². The summed E-state index contributed by atoms with van der Waals surface area (Å²) in [6.07, 6.45) is 4.49. The van der Waals surface area contributed by atoms with E-state index in [1.54, 1.807) is 6.92 Å². The van der Waals surface area contributed by atoms with Gasteiger partial charge in [-0.25, -0.2) is 9.97 Å². The summed E-state index contributed by atoms with van der Waals surface area (Å²) in [4.78, 5) is 22.8. The number of aromatic nitrogens is 3. The van der Waals surface area contributed by atoms with E-state index in [2.05, 4.69) is 21.5 Å². The Hall–Kier alpha value is -3.35. The molecule has 0 atom stereocenters. The number of hydrogen-bond acceptors (Lipinski definition) is 5. The van der Waals surface area contributed by atoms with E-state index in [4.69, 9.17) is 10.2 Å². The van der Waals surface area contributed by atoms with Crippen LogP contribution in [0.5, 0.6) is 0 Å². The first-order chi connectivity index (χ1) is 14.6. The van der Waals surface area contributed by atoms with Crippen LogP contribution >= 0.6 is 0 Å². The van der Waals surface area contributed by atoms with Crippen LogP contribution in [0.3, 0.4) is 0 Å². The van der Waals surface area contributed by atoms with E-state index in [-0.39, 0.29) is 5.91 Å². The Balaban J connectivity index is 1.42. The number of imidazole rings is 1. The Bertz CT molecular complexity index is 1180. The Morgan fingerprint density at radius 1 is 1.17 bits per heavy atom. The first kappa shape index (κ1) is 19.9. The molecule has 0 saturated carbocycles. The van der Waals surface area contributed by atoms with Crippen LogP contribution < -0.4 is 5.73 Å². The Morgan fingerprint density at radius 2 is 1.97 bits per heavy atom. The number of anilines is 1. The van der Waals surface area contributed by atoms with Gasteiger partial charge in [-0.3, -0.25) is 4.79 Å². The van der Waals surface area contributed by atoms with E-state index < -0.39 is 0 Å². The van der Waals surface area contributed by atoms with Gasteiger partial charge in [0.05, 0.1) is 23.9 Å². The molecule has 156 valence electrons. The van der Waals surface area contributed by atoms with Gasteiger partial charge in [0, 0.05) is 31.8 Å². The molecular weight excluding hydrogens is 378 g/mol. The lowest BCUT2D eigenvalue weighted by Gasteiger charge is -2.20. The molecule has 0 aliphatic carbocycles. The van der Waals surface area contributed by atoms with Gasteiger partial charge < -0.3 is 19.6 Å². The quantitative estimate of drug-likeness (QED) is 0.445. The van der Waals surface area contributed by atoms with Crippen LogP contribution in [-0.2, 0) is 24.3 Å². The minimum atomic E-state index is 0.0578. The van der Waals surface area contributed by atoms with Crippen molar-refractivity contribution in [3.63, 3.8) is 0 Å². The fourth-order valence-electron chi connectivity index (χ4n) is 3.79. The molecule has 0 saturated heterocycles. The van der Waals surface area contributed by atoms with Crippen molar-refractivity contribution in [3.8, 4) is 0 Å². The van der Waals surface area contributed by atoms with Gasteiger partial charge >= 0.3 is 0 Å². The van der Waals surface area contributed by atoms with Crippen LogP contribution in [0.2, 0.25) is 0 Å². The first-order valence-corrected chi connectivity index (χ1v) is 10.4. The van der Waals surface area contributed by atoms with Crippen LogP contribution in [-0.4, -0.2) is 31.9 Å². The highest BCUT2D eigenvalue weighted by Crippen LogP contribution is 2.27. The highest BCUT2D eigenvalue weighted by molar-refractivity contribution is 6.06. The molecule has 0 aliphatic rings. The molecule has 0 bridgehead atoms. The van der Waals surface area contributed by atoms with Gasteiger partial charge in [0.15, 0.2) is 5.82 Å². The Morgan fingerprint density at radius 3 is 2.73 bits per heavy atom. The molecule has 7 nitrogen and oxygen atoms in total. The van der Waals surface area contributed by atoms with Crippen molar-refractivity contribution in [1.82, 2.24) is 19.4 Å². The molecule has 1 aromatic carbocycles. The third-order valence-corrected chi connectivity index (χ3v) is 5.42. The van der Waals surface area contributed by atoms with Crippen molar-refractivity contribution < 1.29 is 9.21 Å². The number of carbonyl (C=O) groups excluding carboxylic acids is 1. The topological polar surface area (TPSA) is 90.2 Å². The second-order valence-electron chi connectivity index (χ2n) is 7.52. The van der Waals surface area contributed by atoms with Gasteiger partial charge in [-0.05, 0) is 31.0 Å². The second-order valence-corrected chi connectivity index (χ2v) is 7.52. The smallest absolute Gasteiger partial charge is 0.219 e. The number of benzene rings is 1. The van der Waals surface area contributed by atoms with Crippen molar-refractivity contribution in [3.05, 3.63) is 54.2 Å². The molecule has 0 fully saturated rings. The molecule has 0 spiro atoms. The number of hydrogen-bond donors (Lipinski definition) is 1. The summed E-state index contributed by atoms with van der Waals surface area (Å²) in [5, 5.41) is 1.05. The van der Waals surface area contributed by atoms with Crippen LogP contribution in [0.25, 0.3) is 21.9 Å². The SMILES string of the molecule is CCc1ccc(CN(CCCCn2cnc3c(N)nc4ccccc4c32)C(C)=O)o1. The highest BCUT2D eigenvalue weighted by Gasteiger charge is 2.14. The number of fused-ring (bicyclic) bond motifs is 3. The summed E-state index contributed by atoms with van der Waals surface area (Å²) < 4.78 is 7.89. The van der Waals surface area contributed by atoms with Crippen LogP contribution in [0.1, 0.15) is 38.2 Å². The summed E-state index contributed by atoms with van der Waals surface area (Å²) in [5.41, 5.74) is 8.74. The van der Waals surface area contributed by atoms with E-state index in [0.717, 1.165) is 59.3 Å². The number of aryl methyl sites for hydroxylation is 2. The number of rotatable bonds is 8. The lowest BCUT2D eigenvalue weighted by atomic mass is 10.2. The highest BCUT2D eigenvalue weighted by atomic mass is 16.3. The number of amides is 1. The van der Waals surface area contributed by atoms with Gasteiger partial charge in [0.25, 0.3) is 0 Å². The molecule has 4 rings (SSSR count). The molecule has 4 aromatic rings. The van der Waals surface area contributed by atoms with Gasteiger partial charge in [-0.15, -0.1) is 0 Å². The summed E-state index contributed by atoms with van der Waals surface area (Å²) in [6.45, 7) is 5.66. The van der Waals surface area contributed by atoms with Crippen molar-refractivity contribution in [2.24, 2.45) is 0 Å². The number of para-hydroxylation sites is 1. The third kappa shape index (κ3) is 4.01. The molecule has 30 heavy (non-hydrogen) atoms. The summed E-state index contributed by atoms with van der Waals surface area (Å²) >= 11 is 0. The molecule has 7 heteroatoms. The lowest BCUT2D eigenvalue weighted by molar-refractivity contribution is -0.129. The summed E-state index contributed by atoms with van der Waals surface area (Å²) in [5.74, 6) is 2.29. The van der Waals surface area contributed by atoms with Crippen LogP contribution in [0, 0.1) is 0 Å². The first-order valence-electron chi connectivity index (χ1n) is 10.4. The van der Waals surface area contributed by atoms with Crippen LogP contribution in [0.15, 0.2) is 47.1 Å². The number of carbonyl (C=O) groups is 1. The molecule has 3 aromatic heterocycles.